The minimum Gasteiger partial charge on any atom is -0.543 e. The number of hydrogen-bond acceptors (Lipinski definition) is 13. The third-order valence-electron chi connectivity index (χ3n) is 4.74. The van der Waals surface area contributed by atoms with Crippen molar-refractivity contribution >= 4 is 69.1 Å². The number of thiazole rings is 1. The van der Waals surface area contributed by atoms with E-state index in [0.29, 0.717) is 32.2 Å². The molecule has 0 bridgehead atoms. The molecular formula is C17H17N6NaO5S4. The molecule has 2 aliphatic rings. The van der Waals surface area contributed by atoms with E-state index in [9.17, 15) is 19.5 Å². The minimum atomic E-state index is -1.67. The van der Waals surface area contributed by atoms with Crippen molar-refractivity contribution in [2.45, 2.75) is 28.8 Å². The number of carboxylic acid groups (broad SMARTS) is 1. The van der Waals surface area contributed by atoms with Crippen LogP contribution < -0.4 is 45.7 Å². The van der Waals surface area contributed by atoms with Gasteiger partial charge >= 0.3 is 29.6 Å². The molecule has 2 amide bonds. The van der Waals surface area contributed by atoms with Crippen LogP contribution in [-0.2, 0) is 25.5 Å². The Balaban J connectivity index is 0.00000306. The van der Waals surface area contributed by atoms with Crippen molar-refractivity contribution in [3.63, 3.8) is 0 Å². The van der Waals surface area contributed by atoms with Crippen LogP contribution in [0.3, 0.4) is 0 Å². The summed E-state index contributed by atoms with van der Waals surface area (Å²) in [6.07, 6.45) is -0.0875. The number of carboxylic acids is 1. The van der Waals surface area contributed by atoms with E-state index in [1.807, 2.05) is 6.92 Å². The van der Waals surface area contributed by atoms with Crippen molar-refractivity contribution < 1.29 is 53.8 Å². The van der Waals surface area contributed by atoms with Gasteiger partial charge in [0.05, 0.1) is 23.8 Å². The van der Waals surface area contributed by atoms with E-state index >= 15 is 0 Å². The Hall–Kier alpha value is -1.20. The van der Waals surface area contributed by atoms with E-state index < -0.39 is 28.9 Å². The van der Waals surface area contributed by atoms with Crippen molar-refractivity contribution in [1.82, 2.24) is 25.4 Å². The van der Waals surface area contributed by atoms with Crippen molar-refractivity contribution in [2.24, 2.45) is 0 Å². The second kappa shape index (κ2) is 10.6. The molecule has 16 heteroatoms. The second-order valence-electron chi connectivity index (χ2n) is 6.80. The molecule has 0 unspecified atom stereocenters. The summed E-state index contributed by atoms with van der Waals surface area (Å²) < 4.78 is 6.12. The summed E-state index contributed by atoms with van der Waals surface area (Å²) in [6, 6.07) is 0. The number of nitrogens with zero attached hydrogens (tertiary/aromatic N) is 4. The molecule has 33 heavy (non-hydrogen) atoms. The van der Waals surface area contributed by atoms with Crippen LogP contribution in [0.15, 0.2) is 21.0 Å². The topological polar surface area (TPSA) is 163 Å². The Labute approximate surface area is 227 Å². The number of fused-ring (bicyclic) bond motifs is 1. The zero-order valence-corrected chi connectivity index (χ0v) is 23.1. The first-order chi connectivity index (χ1) is 15.2. The Morgan fingerprint density at radius 2 is 2.21 bits per heavy atom. The Morgan fingerprint density at radius 3 is 2.79 bits per heavy atom. The molecule has 2 aliphatic heterocycles. The second-order valence-corrected chi connectivity index (χ2v) is 11.2. The molecule has 2 aromatic rings. The normalized spacial score (nSPS) is 21.8. The quantitative estimate of drug-likeness (QED) is 0.150. The third kappa shape index (κ3) is 5.10. The predicted molar refractivity (Wildman–Crippen MR) is 119 cm³/mol. The van der Waals surface area contributed by atoms with Gasteiger partial charge in [-0.15, -0.1) is 33.3 Å². The fraction of sp³-hybridized carbons (Fsp3) is 0.412. The van der Waals surface area contributed by atoms with Gasteiger partial charge < -0.3 is 25.7 Å². The number of amides is 2. The first-order valence-corrected chi connectivity index (χ1v) is 12.9. The molecule has 0 aromatic carbocycles. The maximum absolute atomic E-state index is 13.1. The smallest absolute Gasteiger partial charge is 0.543 e. The number of nitrogens with two attached hydrogens (primary N) is 1. The molecule has 0 aliphatic carbocycles. The predicted octanol–water partition coefficient (Wildman–Crippen LogP) is -3.40. The SMILES string of the molecule is CO[C@@]1(NC(=O)Cc2csc(N)n2)C(=O)N2C(C(=O)[O-])=C(CSc3nnc(C)s3)CS[C@@H]21.[Na+]. The molecular weight excluding hydrogens is 519 g/mol. The summed E-state index contributed by atoms with van der Waals surface area (Å²) in [5.74, 6) is -1.97. The van der Waals surface area contributed by atoms with E-state index in [4.69, 9.17) is 10.5 Å². The van der Waals surface area contributed by atoms with Gasteiger partial charge in [-0.3, -0.25) is 14.5 Å². The number of carbonyl (C=O) groups is 3. The molecule has 11 nitrogen and oxygen atoms in total. The van der Waals surface area contributed by atoms with Crippen LogP contribution in [0.2, 0.25) is 0 Å². The summed E-state index contributed by atoms with van der Waals surface area (Å²) >= 11 is 5.26. The maximum Gasteiger partial charge on any atom is 1.00 e. The van der Waals surface area contributed by atoms with Crippen LogP contribution in [0.25, 0.3) is 0 Å². The number of thioether (sulfide) groups is 2. The fourth-order valence-electron chi connectivity index (χ4n) is 3.35. The van der Waals surface area contributed by atoms with Gasteiger partial charge in [0.25, 0.3) is 11.6 Å². The summed E-state index contributed by atoms with van der Waals surface area (Å²) in [4.78, 5) is 42.7. The van der Waals surface area contributed by atoms with Crippen LogP contribution >= 0.6 is 46.2 Å². The van der Waals surface area contributed by atoms with Crippen molar-refractivity contribution in [3.8, 4) is 0 Å². The third-order valence-corrected chi connectivity index (χ3v) is 8.89. The molecule has 0 spiro atoms. The number of anilines is 1. The number of ether oxygens (including phenoxy) is 1. The zero-order chi connectivity index (χ0) is 23.0. The van der Waals surface area contributed by atoms with Crippen LogP contribution in [0, 0.1) is 6.92 Å². The molecule has 2 atom stereocenters. The number of aromatic nitrogens is 3. The van der Waals surface area contributed by atoms with E-state index in [-0.39, 0.29) is 41.7 Å². The molecule has 170 valence electrons. The van der Waals surface area contributed by atoms with Crippen LogP contribution in [0.5, 0.6) is 0 Å². The Bertz CT molecular complexity index is 1120. The standard InChI is InChI=1S/C17H18N6O5S4.Na/c1-7-21-22-16(32-7)31-5-8-4-29-14-17(28-2,13(27)23(14)11(8)12(25)26)20-10(24)3-9-6-30-15(18)19-9;/h6,14H,3-5H2,1-2H3,(H2,18,19)(H,20,24)(H,25,26);/q;+1/p-1/t14-,17+;/m1./s1. The van der Waals surface area contributed by atoms with E-state index in [0.717, 1.165) is 9.91 Å². The minimum absolute atomic E-state index is 0. The van der Waals surface area contributed by atoms with Gasteiger partial charge in [-0.1, -0.05) is 23.1 Å². The largest absolute Gasteiger partial charge is 1.00 e. The molecule has 3 N–H and O–H groups in total. The van der Waals surface area contributed by atoms with Gasteiger partial charge in [0.2, 0.25) is 5.91 Å². The van der Waals surface area contributed by atoms with Crippen LogP contribution in [0.1, 0.15) is 10.7 Å². The van der Waals surface area contributed by atoms with Gasteiger partial charge in [0.15, 0.2) is 9.47 Å². The van der Waals surface area contributed by atoms with Crippen molar-refractivity contribution in [3.05, 3.63) is 27.4 Å². The van der Waals surface area contributed by atoms with Crippen molar-refractivity contribution in [2.75, 3.05) is 24.3 Å². The number of nitrogen functional groups attached to an aromatic ring is 1. The van der Waals surface area contributed by atoms with E-state index in [1.165, 1.54) is 53.3 Å². The first kappa shape index (κ1) is 26.4. The van der Waals surface area contributed by atoms with Gasteiger partial charge in [-0.25, -0.2) is 4.98 Å². The number of hydrogen-bond donors (Lipinski definition) is 2. The number of aryl methyl sites for hydroxylation is 1. The average Bonchev–Trinajstić information content (AvgIpc) is 3.36. The van der Waals surface area contributed by atoms with Gasteiger partial charge in [0.1, 0.15) is 10.4 Å². The summed E-state index contributed by atoms with van der Waals surface area (Å²) in [5, 5.41) is 24.5. The van der Waals surface area contributed by atoms with E-state index in [1.54, 1.807) is 5.38 Å². The van der Waals surface area contributed by atoms with E-state index in [2.05, 4.69) is 20.5 Å². The molecule has 1 fully saturated rings. The monoisotopic (exact) mass is 536 g/mol. The number of methoxy groups -OCH3 is 1. The molecule has 2 aromatic heterocycles. The molecule has 0 saturated carbocycles. The first-order valence-electron chi connectivity index (χ1n) is 9.12. The van der Waals surface area contributed by atoms with Crippen LogP contribution in [0.4, 0.5) is 5.13 Å². The van der Waals surface area contributed by atoms with Crippen molar-refractivity contribution in [1.29, 1.82) is 0 Å². The summed E-state index contributed by atoms with van der Waals surface area (Å²) in [7, 11) is 1.29. The number of carbonyl (C=O) groups excluding carboxylic acids is 3. The molecule has 1 saturated heterocycles. The zero-order valence-electron chi connectivity index (χ0n) is 17.8. The fourth-order valence-corrected chi connectivity index (χ4v) is 7.30. The molecule has 4 rings (SSSR count). The van der Waals surface area contributed by atoms with Gasteiger partial charge in [0, 0.05) is 24.0 Å². The number of rotatable bonds is 8. The number of aliphatic carboxylic acids is 1. The van der Waals surface area contributed by atoms with Gasteiger partial charge in [-0.2, -0.15) is 0 Å². The maximum atomic E-state index is 13.1. The number of nitrogens with one attached hydrogen (secondary N) is 1. The van der Waals surface area contributed by atoms with Crippen LogP contribution in [-0.4, -0.2) is 67.6 Å². The summed E-state index contributed by atoms with van der Waals surface area (Å²) in [5.41, 5.74) is 4.73. The number of β-lactam (4-membered cyclic amide) rings is 1. The Kier molecular flexibility index (Phi) is 8.48. The van der Waals surface area contributed by atoms with Gasteiger partial charge in [-0.05, 0) is 12.5 Å². The molecule has 4 heterocycles. The average molecular weight is 537 g/mol. The summed E-state index contributed by atoms with van der Waals surface area (Å²) in [6.45, 7) is 1.83. The molecule has 0 radical (unpaired) electrons. The Morgan fingerprint density at radius 1 is 1.45 bits per heavy atom.